The Morgan fingerprint density at radius 1 is 1.29 bits per heavy atom. The quantitative estimate of drug-likeness (QED) is 0.717. The third-order valence-corrected chi connectivity index (χ3v) is 5.79. The summed E-state index contributed by atoms with van der Waals surface area (Å²) >= 11 is 1.59. The topological polar surface area (TPSA) is 78.1 Å². The SMILES string of the molecule is CCCSC1=C(C#N)C(c2ccco2)C(C(=O)Nc2ccccc2C)=C(C)N1. The molecule has 0 fully saturated rings. The van der Waals surface area contributed by atoms with Crippen molar-refractivity contribution in [2.45, 2.75) is 33.1 Å². The summed E-state index contributed by atoms with van der Waals surface area (Å²) < 4.78 is 5.62. The highest BCUT2D eigenvalue weighted by Gasteiger charge is 2.36. The molecule has 6 heteroatoms. The summed E-state index contributed by atoms with van der Waals surface area (Å²) in [5.74, 6) is 0.690. The number of hydrogen-bond donors (Lipinski definition) is 2. The molecule has 0 aliphatic carbocycles. The van der Waals surface area contributed by atoms with Crippen LogP contribution in [0.1, 0.15) is 37.5 Å². The molecule has 5 nitrogen and oxygen atoms in total. The number of furan rings is 1. The lowest BCUT2D eigenvalue weighted by Gasteiger charge is -2.28. The Kier molecular flexibility index (Phi) is 6.27. The number of nitrogens with one attached hydrogen (secondary N) is 2. The van der Waals surface area contributed by atoms with Gasteiger partial charge in [0, 0.05) is 11.4 Å². The summed E-state index contributed by atoms with van der Waals surface area (Å²) in [6.45, 7) is 5.90. The first kappa shape index (κ1) is 19.8. The van der Waals surface area contributed by atoms with Crippen LogP contribution in [0, 0.1) is 18.3 Å². The predicted octanol–water partition coefficient (Wildman–Crippen LogP) is 5.07. The molecule has 0 radical (unpaired) electrons. The van der Waals surface area contributed by atoms with Gasteiger partial charge in [0.15, 0.2) is 0 Å². The van der Waals surface area contributed by atoms with Crippen LogP contribution in [0.25, 0.3) is 0 Å². The zero-order valence-electron chi connectivity index (χ0n) is 16.2. The minimum absolute atomic E-state index is 0.243. The van der Waals surface area contributed by atoms with E-state index < -0.39 is 5.92 Å². The zero-order valence-corrected chi connectivity index (χ0v) is 17.0. The molecule has 1 amide bonds. The number of hydrogen-bond acceptors (Lipinski definition) is 5. The lowest BCUT2D eigenvalue weighted by molar-refractivity contribution is -0.113. The van der Waals surface area contributed by atoms with Gasteiger partial charge in [0.2, 0.25) is 0 Å². The Morgan fingerprint density at radius 2 is 2.07 bits per heavy atom. The minimum atomic E-state index is -0.537. The van der Waals surface area contributed by atoms with Crippen LogP contribution in [0.5, 0.6) is 0 Å². The molecule has 2 heterocycles. The molecule has 28 heavy (non-hydrogen) atoms. The second-order valence-corrected chi connectivity index (χ2v) is 7.69. The van der Waals surface area contributed by atoms with Crippen molar-refractivity contribution in [1.29, 1.82) is 5.26 Å². The number of anilines is 1. The van der Waals surface area contributed by atoms with Gasteiger partial charge in [-0.1, -0.05) is 25.1 Å². The Bertz CT molecular complexity index is 968. The molecule has 1 aliphatic heterocycles. The number of aryl methyl sites for hydroxylation is 1. The van der Waals surface area contributed by atoms with Crippen molar-refractivity contribution in [3.05, 3.63) is 75.9 Å². The fourth-order valence-corrected chi connectivity index (χ4v) is 4.13. The number of rotatable bonds is 6. The molecule has 3 rings (SSSR count). The van der Waals surface area contributed by atoms with E-state index in [9.17, 15) is 10.1 Å². The fraction of sp³-hybridized carbons (Fsp3) is 0.273. The fourth-order valence-electron chi connectivity index (χ4n) is 3.17. The molecule has 1 aromatic heterocycles. The van der Waals surface area contributed by atoms with Gasteiger partial charge in [0.05, 0.1) is 34.4 Å². The normalized spacial score (nSPS) is 16.6. The molecule has 1 aliphatic rings. The largest absolute Gasteiger partial charge is 0.468 e. The summed E-state index contributed by atoms with van der Waals surface area (Å²) in [6.07, 6.45) is 2.56. The third kappa shape index (κ3) is 4.00. The molecule has 0 bridgehead atoms. The molecule has 1 aromatic carbocycles. The Labute approximate surface area is 169 Å². The lowest BCUT2D eigenvalue weighted by Crippen LogP contribution is -2.30. The summed E-state index contributed by atoms with van der Waals surface area (Å²) in [4.78, 5) is 13.2. The number of nitriles is 1. The molecule has 144 valence electrons. The summed E-state index contributed by atoms with van der Waals surface area (Å²) in [7, 11) is 0. The van der Waals surface area contributed by atoms with Crippen LogP contribution in [-0.4, -0.2) is 11.7 Å². The van der Waals surface area contributed by atoms with E-state index in [0.29, 0.717) is 16.9 Å². The van der Waals surface area contributed by atoms with Gasteiger partial charge in [-0.15, -0.1) is 11.8 Å². The highest BCUT2D eigenvalue weighted by molar-refractivity contribution is 8.03. The third-order valence-electron chi connectivity index (χ3n) is 4.56. The van der Waals surface area contributed by atoms with Gasteiger partial charge in [0.1, 0.15) is 5.76 Å². The van der Waals surface area contributed by atoms with Gasteiger partial charge in [-0.3, -0.25) is 4.79 Å². The summed E-state index contributed by atoms with van der Waals surface area (Å²) in [5.41, 5.74) is 3.46. The minimum Gasteiger partial charge on any atom is -0.468 e. The molecular weight excluding hydrogens is 370 g/mol. The van der Waals surface area contributed by atoms with E-state index >= 15 is 0 Å². The smallest absolute Gasteiger partial charge is 0.254 e. The number of amides is 1. The standard InChI is InChI=1S/C22H23N3O2S/c1-4-12-28-22-16(13-23)20(18-10-7-11-27-18)19(15(3)24-22)21(26)25-17-9-6-5-8-14(17)2/h5-11,20,24H,4,12H2,1-3H3,(H,25,26). The highest BCUT2D eigenvalue weighted by Crippen LogP contribution is 2.41. The van der Waals surface area contributed by atoms with Crippen molar-refractivity contribution >= 4 is 23.4 Å². The van der Waals surface area contributed by atoms with Crippen LogP contribution in [0.2, 0.25) is 0 Å². The monoisotopic (exact) mass is 393 g/mol. The van der Waals surface area contributed by atoms with E-state index in [1.165, 1.54) is 0 Å². The first-order valence-electron chi connectivity index (χ1n) is 9.22. The van der Waals surface area contributed by atoms with Crippen LogP contribution < -0.4 is 10.6 Å². The van der Waals surface area contributed by atoms with Gasteiger partial charge in [-0.25, -0.2) is 0 Å². The molecule has 0 saturated carbocycles. The van der Waals surface area contributed by atoms with Crippen molar-refractivity contribution in [2.24, 2.45) is 0 Å². The average Bonchev–Trinajstić information content (AvgIpc) is 3.21. The van der Waals surface area contributed by atoms with Gasteiger partial charge in [-0.2, -0.15) is 5.26 Å². The van der Waals surface area contributed by atoms with E-state index in [0.717, 1.165) is 34.2 Å². The van der Waals surface area contributed by atoms with Crippen molar-refractivity contribution in [1.82, 2.24) is 5.32 Å². The van der Waals surface area contributed by atoms with Crippen molar-refractivity contribution in [3.8, 4) is 6.07 Å². The van der Waals surface area contributed by atoms with Gasteiger partial charge in [-0.05, 0) is 49.8 Å². The maximum absolute atomic E-state index is 13.2. The second kappa shape index (κ2) is 8.85. The van der Waals surface area contributed by atoms with Gasteiger partial charge in [0.25, 0.3) is 5.91 Å². The van der Waals surface area contributed by atoms with E-state index in [1.807, 2.05) is 44.2 Å². The van der Waals surface area contributed by atoms with Gasteiger partial charge < -0.3 is 15.1 Å². The van der Waals surface area contributed by atoms with Crippen LogP contribution >= 0.6 is 11.8 Å². The highest BCUT2D eigenvalue weighted by atomic mass is 32.2. The average molecular weight is 394 g/mol. The number of dihydropyridines is 1. The predicted molar refractivity (Wildman–Crippen MR) is 112 cm³/mol. The maximum Gasteiger partial charge on any atom is 0.254 e. The number of nitrogens with zero attached hydrogens (tertiary/aromatic N) is 1. The van der Waals surface area contributed by atoms with E-state index in [1.54, 1.807) is 24.1 Å². The summed E-state index contributed by atoms with van der Waals surface area (Å²) in [5, 5.41) is 16.9. The number of carbonyl (C=O) groups is 1. The lowest BCUT2D eigenvalue weighted by atomic mass is 9.85. The van der Waals surface area contributed by atoms with Crippen LogP contribution in [-0.2, 0) is 4.79 Å². The van der Waals surface area contributed by atoms with E-state index in [-0.39, 0.29) is 5.91 Å². The zero-order chi connectivity index (χ0) is 20.1. The summed E-state index contributed by atoms with van der Waals surface area (Å²) in [6, 6.07) is 13.5. The number of thioether (sulfide) groups is 1. The van der Waals surface area contributed by atoms with Crippen molar-refractivity contribution in [2.75, 3.05) is 11.1 Å². The first-order chi connectivity index (χ1) is 13.6. The number of para-hydroxylation sites is 1. The number of carbonyl (C=O) groups excluding carboxylic acids is 1. The molecule has 1 atom stereocenters. The van der Waals surface area contributed by atoms with E-state index in [4.69, 9.17) is 4.42 Å². The molecule has 2 N–H and O–H groups in total. The van der Waals surface area contributed by atoms with Crippen molar-refractivity contribution < 1.29 is 9.21 Å². The van der Waals surface area contributed by atoms with Crippen molar-refractivity contribution in [3.63, 3.8) is 0 Å². The Morgan fingerprint density at radius 3 is 2.71 bits per heavy atom. The molecule has 1 unspecified atom stereocenters. The molecular formula is C22H23N3O2S. The Hall–Kier alpha value is -2.91. The maximum atomic E-state index is 13.2. The molecule has 0 spiro atoms. The second-order valence-electron chi connectivity index (χ2n) is 6.58. The van der Waals surface area contributed by atoms with Crippen LogP contribution in [0.3, 0.4) is 0 Å². The van der Waals surface area contributed by atoms with E-state index in [2.05, 4.69) is 23.6 Å². The van der Waals surface area contributed by atoms with Crippen LogP contribution in [0.4, 0.5) is 5.69 Å². The molecule has 0 saturated heterocycles. The first-order valence-corrected chi connectivity index (χ1v) is 10.2. The van der Waals surface area contributed by atoms with Crippen LogP contribution in [0.15, 0.2) is 69.0 Å². The number of benzene rings is 1. The Balaban J connectivity index is 2.02. The molecule has 2 aromatic rings. The van der Waals surface area contributed by atoms with Gasteiger partial charge >= 0.3 is 0 Å². The number of allylic oxidation sites excluding steroid dienone is 2.